The van der Waals surface area contributed by atoms with Gasteiger partial charge in [0.15, 0.2) is 23.0 Å². The first kappa shape index (κ1) is 44.2. The average molecular weight is 1120 g/mol. The van der Waals surface area contributed by atoms with Crippen LogP contribution in [0.25, 0.3) is 0 Å². The van der Waals surface area contributed by atoms with Gasteiger partial charge < -0.3 is 19.7 Å². The molecule has 0 atom stereocenters. The van der Waals surface area contributed by atoms with Gasteiger partial charge in [0.25, 0.3) is 0 Å². The Kier molecular flexibility index (Phi) is 16.4. The fourth-order valence-electron chi connectivity index (χ4n) is 5.30. The molecular formula is C38H36Br6N2NiO4. The minimum absolute atomic E-state index is 0. The summed E-state index contributed by atoms with van der Waals surface area (Å²) >= 11 is 19.8. The van der Waals surface area contributed by atoms with Crippen LogP contribution in [0.15, 0.2) is 73.2 Å². The zero-order valence-electron chi connectivity index (χ0n) is 29.0. The second-order valence-electron chi connectivity index (χ2n) is 12.8. The van der Waals surface area contributed by atoms with Gasteiger partial charge in [-0.1, -0.05) is 103 Å². The Balaban J connectivity index is 0.000000277. The zero-order valence-corrected chi connectivity index (χ0v) is 39.5. The molecule has 0 unspecified atom stereocenters. The van der Waals surface area contributed by atoms with Gasteiger partial charge in [-0.05, 0) is 142 Å². The Morgan fingerprint density at radius 1 is 0.471 bits per heavy atom. The van der Waals surface area contributed by atoms with Crippen LogP contribution in [0.3, 0.4) is 0 Å². The van der Waals surface area contributed by atoms with Gasteiger partial charge in [-0.2, -0.15) is 0 Å². The number of para-hydroxylation sites is 2. The fourth-order valence-corrected chi connectivity index (χ4v) is 8.39. The van der Waals surface area contributed by atoms with E-state index >= 15 is 0 Å². The third-order valence-corrected chi connectivity index (χ3v) is 14.1. The summed E-state index contributed by atoms with van der Waals surface area (Å²) in [6, 6.07) is 13.0. The van der Waals surface area contributed by atoms with Crippen molar-refractivity contribution in [3.63, 3.8) is 0 Å². The van der Waals surface area contributed by atoms with E-state index in [1.807, 2.05) is 12.4 Å². The molecule has 0 aliphatic carbocycles. The van der Waals surface area contributed by atoms with E-state index in [-0.39, 0.29) is 36.9 Å². The van der Waals surface area contributed by atoms with Gasteiger partial charge in [-0.3, -0.25) is 9.98 Å². The monoisotopic (exact) mass is 1120 g/mol. The fraction of sp³-hybridized carbons (Fsp3) is 0.316. The third kappa shape index (κ3) is 9.55. The number of ether oxygens (including phenoxy) is 2. The van der Waals surface area contributed by atoms with Crippen LogP contribution in [0.1, 0.15) is 101 Å². The van der Waals surface area contributed by atoms with Crippen molar-refractivity contribution >= 4 is 119 Å². The summed E-state index contributed by atoms with van der Waals surface area (Å²) in [5.41, 5.74) is 7.37. The number of halogens is 6. The Hall–Kier alpha value is -1.21. The van der Waals surface area contributed by atoms with Crippen LogP contribution in [0.5, 0.6) is 34.5 Å². The second kappa shape index (κ2) is 18.9. The van der Waals surface area contributed by atoms with E-state index in [1.165, 1.54) is 22.3 Å². The number of nitrogens with zero attached hydrogens (tertiary/aromatic N) is 2. The molecule has 4 aromatic carbocycles. The van der Waals surface area contributed by atoms with Crippen LogP contribution in [-0.4, -0.2) is 12.4 Å². The topological polar surface area (TPSA) is 89.3 Å². The minimum atomic E-state index is -0.705. The summed E-state index contributed by atoms with van der Waals surface area (Å²) < 4.78 is 14.3. The Morgan fingerprint density at radius 3 is 0.980 bits per heavy atom. The first-order valence-corrected chi connectivity index (χ1v) is 20.7. The molecule has 0 fully saturated rings. The molecule has 274 valence electrons. The van der Waals surface area contributed by atoms with Gasteiger partial charge in [0, 0.05) is 12.4 Å². The van der Waals surface area contributed by atoms with Crippen molar-refractivity contribution < 1.29 is 36.2 Å². The normalized spacial score (nSPS) is 12.2. The maximum atomic E-state index is 11.9. The standard InChI is InChI=1S/C26H36N2.C12H2Br6O4.Ni/c1-17(2)21-11-9-12-22(18(3)4)25(21)27-15-16-28-26-23(19(5)6)13-10-14-24(26)20(7)8;13-1-2(14)4(16)10-9(3(1)15)21-11-5(17)7(19)8(20)6(18)12(11)22-10;/h9-20H,1-8H3;19-20H;/q;;+2/p-2. The van der Waals surface area contributed by atoms with Crippen molar-refractivity contribution in [3.05, 3.63) is 85.5 Å². The van der Waals surface area contributed by atoms with Gasteiger partial charge in [-0.15, -0.1) is 0 Å². The van der Waals surface area contributed by atoms with E-state index in [4.69, 9.17) is 19.5 Å². The maximum absolute atomic E-state index is 11.9. The Bertz CT molecular complexity index is 1720. The van der Waals surface area contributed by atoms with Crippen LogP contribution in [-0.2, 0) is 16.5 Å². The van der Waals surface area contributed by atoms with E-state index in [0.717, 1.165) is 11.4 Å². The van der Waals surface area contributed by atoms with Crippen LogP contribution in [0.2, 0.25) is 0 Å². The Labute approximate surface area is 361 Å². The number of rotatable bonds is 7. The molecule has 51 heavy (non-hydrogen) atoms. The van der Waals surface area contributed by atoms with Crippen LogP contribution < -0.4 is 19.7 Å². The molecule has 13 heteroatoms. The zero-order chi connectivity index (χ0) is 37.2. The van der Waals surface area contributed by atoms with E-state index < -0.39 is 11.5 Å². The maximum Gasteiger partial charge on any atom is 2.00 e. The molecule has 0 bridgehead atoms. The summed E-state index contributed by atoms with van der Waals surface area (Å²) in [6.45, 7) is 17.8. The van der Waals surface area contributed by atoms with E-state index in [2.05, 4.69) is 187 Å². The number of hydrogen-bond acceptors (Lipinski definition) is 6. The molecule has 1 aliphatic heterocycles. The van der Waals surface area contributed by atoms with Crippen LogP contribution in [0.4, 0.5) is 11.4 Å². The smallest absolute Gasteiger partial charge is 0.872 e. The van der Waals surface area contributed by atoms with Crippen LogP contribution >= 0.6 is 95.6 Å². The molecule has 6 nitrogen and oxygen atoms in total. The van der Waals surface area contributed by atoms with E-state index in [1.54, 1.807) is 0 Å². The Morgan fingerprint density at radius 2 is 0.725 bits per heavy atom. The first-order valence-electron chi connectivity index (χ1n) is 15.9. The SMILES string of the molecule is CC(C)c1cccc(C(C)C)c1N=CC=Nc1c(C(C)C)cccc1C(C)C.[Ni+2].[O-]c1c([O-])c(Br)c2c(c1Br)Oc1c(Br)c(Br)c(Br)c(Br)c1O2. The molecule has 0 spiro atoms. The first-order chi connectivity index (χ1) is 23.5. The summed E-state index contributed by atoms with van der Waals surface area (Å²) in [6.07, 6.45) is 3.71. The van der Waals surface area contributed by atoms with Gasteiger partial charge in [0.1, 0.15) is 0 Å². The molecule has 0 saturated heterocycles. The molecule has 1 heterocycles. The molecule has 0 saturated carbocycles. The van der Waals surface area contributed by atoms with Gasteiger partial charge in [-0.25, -0.2) is 0 Å². The summed E-state index contributed by atoms with van der Waals surface area (Å²) in [7, 11) is 0. The summed E-state index contributed by atoms with van der Waals surface area (Å²) in [4.78, 5) is 9.68. The number of fused-ring (bicyclic) bond motifs is 2. The minimum Gasteiger partial charge on any atom is -0.872 e. The van der Waals surface area contributed by atoms with Gasteiger partial charge in [0.2, 0.25) is 0 Å². The van der Waals surface area contributed by atoms with Crippen molar-refractivity contribution in [2.75, 3.05) is 0 Å². The molecule has 5 rings (SSSR count). The van der Waals surface area contributed by atoms with Gasteiger partial charge in [0.05, 0.1) is 38.2 Å². The molecule has 0 amide bonds. The number of benzene rings is 4. The molecule has 4 aromatic rings. The summed E-state index contributed by atoms with van der Waals surface area (Å²) in [5, 5.41) is 23.8. The third-order valence-electron chi connectivity index (χ3n) is 7.96. The quantitative estimate of drug-likeness (QED) is 0.0703. The van der Waals surface area contributed by atoms with Crippen molar-refractivity contribution in [1.82, 2.24) is 0 Å². The van der Waals surface area contributed by atoms with Crippen molar-refractivity contribution in [3.8, 4) is 34.5 Å². The van der Waals surface area contributed by atoms with Crippen LogP contribution in [0, 0.1) is 0 Å². The predicted molar refractivity (Wildman–Crippen MR) is 224 cm³/mol. The molecule has 0 radical (unpaired) electrons. The average Bonchev–Trinajstić information content (AvgIpc) is 3.08. The van der Waals surface area contributed by atoms with Gasteiger partial charge >= 0.3 is 16.5 Å². The number of aliphatic imine (C=N–C) groups is 2. The molecule has 0 aromatic heterocycles. The molecule has 0 N–H and O–H groups in total. The summed E-state index contributed by atoms with van der Waals surface area (Å²) in [5.74, 6) is 1.40. The number of hydrogen-bond donors (Lipinski definition) is 0. The molecule has 1 aliphatic rings. The van der Waals surface area contributed by atoms with E-state index in [0.29, 0.717) is 53.1 Å². The molecular weight excluding hydrogens is 1090 g/mol. The van der Waals surface area contributed by atoms with Crippen molar-refractivity contribution in [2.24, 2.45) is 9.98 Å². The van der Waals surface area contributed by atoms with E-state index in [9.17, 15) is 10.2 Å². The van der Waals surface area contributed by atoms with Crippen molar-refractivity contribution in [2.45, 2.75) is 79.1 Å². The van der Waals surface area contributed by atoms with Crippen molar-refractivity contribution in [1.29, 1.82) is 0 Å². The predicted octanol–water partition coefficient (Wildman–Crippen LogP) is 14.6. The largest absolute Gasteiger partial charge is 2.00 e. The second-order valence-corrected chi connectivity index (χ2v) is 17.6.